The van der Waals surface area contributed by atoms with Crippen LogP contribution in [0.5, 0.6) is 0 Å². The molecular formula is C14H6Cl2F6N4. The number of halogens is 8. The van der Waals surface area contributed by atoms with Crippen molar-refractivity contribution in [2.75, 3.05) is 0 Å². The summed E-state index contributed by atoms with van der Waals surface area (Å²) in [6.45, 7) is 0. The van der Waals surface area contributed by atoms with E-state index in [4.69, 9.17) is 23.2 Å². The smallest absolute Gasteiger partial charge is 0.284 e. The predicted octanol–water partition coefficient (Wildman–Crippen LogP) is 5.06. The number of rotatable bonds is 2. The molecule has 4 nitrogen and oxygen atoms in total. The van der Waals surface area contributed by atoms with Gasteiger partial charge in [0.05, 0.1) is 33.3 Å². The van der Waals surface area contributed by atoms with Gasteiger partial charge in [0.25, 0.3) is 0 Å². The Bertz CT molecular complexity index is 980. The zero-order valence-corrected chi connectivity index (χ0v) is 13.8. The summed E-state index contributed by atoms with van der Waals surface area (Å²) in [5.41, 5.74) is -2.09. The lowest BCUT2D eigenvalue weighted by Crippen LogP contribution is -2.09. The number of fused-ring (bicyclic) bond motifs is 1. The summed E-state index contributed by atoms with van der Waals surface area (Å²) in [6, 6.07) is 1.39. The van der Waals surface area contributed by atoms with E-state index in [0.717, 1.165) is 10.6 Å². The van der Waals surface area contributed by atoms with Gasteiger partial charge >= 0.3 is 12.4 Å². The molecule has 26 heavy (non-hydrogen) atoms. The number of hydrogen-bond donors (Lipinski definition) is 0. The Morgan fingerprint density at radius 2 is 1.50 bits per heavy atom. The van der Waals surface area contributed by atoms with Gasteiger partial charge in [-0.25, -0.2) is 0 Å². The Kier molecular flexibility index (Phi) is 4.51. The van der Waals surface area contributed by atoms with Crippen LogP contribution in [0.2, 0.25) is 10.0 Å². The molecule has 3 rings (SSSR count). The minimum Gasteiger partial charge on any atom is -0.284 e. The van der Waals surface area contributed by atoms with Crippen LogP contribution in [0.4, 0.5) is 26.3 Å². The van der Waals surface area contributed by atoms with Crippen LogP contribution in [-0.2, 0) is 18.8 Å². The third kappa shape index (κ3) is 3.56. The molecule has 0 spiro atoms. The maximum Gasteiger partial charge on any atom is 0.417 e. The lowest BCUT2D eigenvalue weighted by Gasteiger charge is -2.10. The lowest BCUT2D eigenvalue weighted by molar-refractivity contribution is -0.138. The van der Waals surface area contributed by atoms with Gasteiger partial charge in [0.2, 0.25) is 0 Å². The molecule has 0 aliphatic heterocycles. The average molecular weight is 415 g/mol. The maximum absolute atomic E-state index is 12.9. The molecule has 0 radical (unpaired) electrons. The van der Waals surface area contributed by atoms with Gasteiger partial charge in [-0.05, 0) is 12.1 Å². The van der Waals surface area contributed by atoms with Gasteiger partial charge in [-0.15, -0.1) is 10.2 Å². The molecule has 0 saturated heterocycles. The van der Waals surface area contributed by atoms with E-state index in [-0.39, 0.29) is 33.6 Å². The first-order valence-corrected chi connectivity index (χ1v) is 7.54. The van der Waals surface area contributed by atoms with Crippen LogP contribution in [0, 0.1) is 0 Å². The highest BCUT2D eigenvalue weighted by Gasteiger charge is 2.33. The molecule has 0 N–H and O–H groups in total. The minimum absolute atomic E-state index is 0.00232. The molecule has 0 saturated carbocycles. The summed E-state index contributed by atoms with van der Waals surface area (Å²) < 4.78 is 77.7. The topological polar surface area (TPSA) is 43.1 Å². The van der Waals surface area contributed by atoms with Gasteiger partial charge in [0.15, 0.2) is 5.65 Å². The summed E-state index contributed by atoms with van der Waals surface area (Å²) in [5, 5.41) is 6.84. The number of aromatic nitrogens is 4. The van der Waals surface area contributed by atoms with Crippen LogP contribution in [0.15, 0.2) is 24.5 Å². The van der Waals surface area contributed by atoms with Crippen molar-refractivity contribution < 1.29 is 26.3 Å². The van der Waals surface area contributed by atoms with Crippen LogP contribution in [-0.4, -0.2) is 19.6 Å². The second kappa shape index (κ2) is 6.27. The molecule has 3 aromatic rings. The molecule has 0 unspecified atom stereocenters. The van der Waals surface area contributed by atoms with Crippen LogP contribution in [0.1, 0.15) is 22.6 Å². The van der Waals surface area contributed by atoms with Gasteiger partial charge in [-0.3, -0.25) is 9.38 Å². The number of pyridine rings is 2. The molecule has 0 aliphatic rings. The van der Waals surface area contributed by atoms with Crippen molar-refractivity contribution >= 4 is 28.8 Å². The molecule has 0 aliphatic carbocycles. The second-order valence-corrected chi connectivity index (χ2v) is 6.03. The van der Waals surface area contributed by atoms with Crippen LogP contribution >= 0.6 is 23.2 Å². The quantitative estimate of drug-likeness (QED) is 0.550. The van der Waals surface area contributed by atoms with Gasteiger partial charge < -0.3 is 0 Å². The second-order valence-electron chi connectivity index (χ2n) is 5.21. The van der Waals surface area contributed by atoms with Crippen LogP contribution in [0.3, 0.4) is 0 Å². The maximum atomic E-state index is 12.9. The fourth-order valence-corrected chi connectivity index (χ4v) is 2.66. The van der Waals surface area contributed by atoms with Crippen molar-refractivity contribution in [2.45, 2.75) is 18.8 Å². The van der Waals surface area contributed by atoms with Gasteiger partial charge in [-0.2, -0.15) is 26.3 Å². The fourth-order valence-electron chi connectivity index (χ4n) is 2.18. The molecule has 12 heteroatoms. The van der Waals surface area contributed by atoms with E-state index >= 15 is 0 Å². The van der Waals surface area contributed by atoms with E-state index in [1.807, 2.05) is 0 Å². The number of hydrogen-bond acceptors (Lipinski definition) is 3. The zero-order valence-electron chi connectivity index (χ0n) is 12.3. The van der Waals surface area contributed by atoms with Crippen molar-refractivity contribution in [3.63, 3.8) is 0 Å². The summed E-state index contributed by atoms with van der Waals surface area (Å²) in [7, 11) is 0. The van der Waals surface area contributed by atoms with Gasteiger partial charge in [0.1, 0.15) is 5.82 Å². The number of alkyl halides is 6. The molecule has 0 bridgehead atoms. The zero-order chi connectivity index (χ0) is 19.3. The molecule has 138 valence electrons. The average Bonchev–Trinajstić information content (AvgIpc) is 2.91. The lowest BCUT2D eigenvalue weighted by atomic mass is 10.2. The van der Waals surface area contributed by atoms with Crippen LogP contribution in [0.25, 0.3) is 5.65 Å². The SMILES string of the molecule is FC(F)(F)c1cnc(Cc2nnc3c(Cl)cc(C(F)(F)F)cn23)c(Cl)c1. The summed E-state index contributed by atoms with van der Waals surface area (Å²) in [4.78, 5) is 3.63. The third-order valence-electron chi connectivity index (χ3n) is 3.43. The first-order valence-electron chi connectivity index (χ1n) is 6.79. The van der Waals surface area contributed by atoms with Gasteiger partial charge in [0, 0.05) is 12.4 Å². The highest BCUT2D eigenvalue weighted by molar-refractivity contribution is 6.33. The molecule has 3 heterocycles. The van der Waals surface area contributed by atoms with Crippen molar-refractivity contribution in [1.29, 1.82) is 0 Å². The summed E-state index contributed by atoms with van der Waals surface area (Å²) in [6.07, 6.45) is -8.18. The van der Waals surface area contributed by atoms with Crippen LogP contribution < -0.4 is 0 Å². The number of nitrogens with zero attached hydrogens (tertiary/aromatic N) is 4. The Balaban J connectivity index is 2.03. The molecule has 3 aromatic heterocycles. The van der Waals surface area contributed by atoms with Crippen molar-refractivity contribution in [2.24, 2.45) is 0 Å². The third-order valence-corrected chi connectivity index (χ3v) is 4.03. The molecule has 0 atom stereocenters. The molecule has 0 aromatic carbocycles. The van der Waals surface area contributed by atoms with E-state index in [1.54, 1.807) is 0 Å². The Morgan fingerprint density at radius 3 is 2.08 bits per heavy atom. The fraction of sp³-hybridized carbons (Fsp3) is 0.214. The largest absolute Gasteiger partial charge is 0.417 e. The normalized spacial score (nSPS) is 12.8. The van der Waals surface area contributed by atoms with E-state index in [1.165, 1.54) is 0 Å². The van der Waals surface area contributed by atoms with Gasteiger partial charge in [-0.1, -0.05) is 23.2 Å². The van der Waals surface area contributed by atoms with Crippen molar-refractivity contribution in [3.05, 3.63) is 57.2 Å². The Labute approximate surface area is 151 Å². The predicted molar refractivity (Wildman–Crippen MR) is 80.1 cm³/mol. The highest BCUT2D eigenvalue weighted by Crippen LogP contribution is 2.33. The van der Waals surface area contributed by atoms with Crippen molar-refractivity contribution in [1.82, 2.24) is 19.6 Å². The van der Waals surface area contributed by atoms with E-state index in [0.29, 0.717) is 18.3 Å². The minimum atomic E-state index is -4.65. The highest BCUT2D eigenvalue weighted by atomic mass is 35.5. The standard InChI is InChI=1S/C14H6Cl2F6N4/c15-8-1-6(13(17,18)19)4-23-10(8)3-11-24-25-12-9(16)2-7(5-26(11)12)14(20,21)22/h1-2,4-5H,3H2. The first kappa shape index (κ1) is 18.7. The first-order chi connectivity index (χ1) is 12.0. The van der Waals surface area contributed by atoms with E-state index in [9.17, 15) is 26.3 Å². The van der Waals surface area contributed by atoms with Crippen molar-refractivity contribution in [3.8, 4) is 0 Å². The Hall–Kier alpha value is -2.07. The monoisotopic (exact) mass is 414 g/mol. The summed E-state index contributed by atoms with van der Waals surface area (Å²) >= 11 is 11.6. The van der Waals surface area contributed by atoms with E-state index < -0.39 is 23.5 Å². The molecular weight excluding hydrogens is 409 g/mol. The van der Waals surface area contributed by atoms with E-state index in [2.05, 4.69) is 15.2 Å². The molecule has 0 amide bonds. The Morgan fingerprint density at radius 1 is 0.885 bits per heavy atom. The molecule has 0 fully saturated rings. The summed E-state index contributed by atoms with van der Waals surface area (Å²) in [5.74, 6) is -0.0119.